The van der Waals surface area contributed by atoms with Gasteiger partial charge in [-0.2, -0.15) is 0 Å². The van der Waals surface area contributed by atoms with Gasteiger partial charge in [0, 0.05) is 46.3 Å². The van der Waals surface area contributed by atoms with Crippen molar-refractivity contribution < 1.29 is 8.42 Å². The zero-order chi connectivity index (χ0) is 20.0. The van der Waals surface area contributed by atoms with Gasteiger partial charge in [0.05, 0.1) is 11.5 Å². The molecule has 2 heterocycles. The molecule has 0 saturated carbocycles. The molecule has 28 heavy (non-hydrogen) atoms. The number of sulfone groups is 1. The zero-order valence-corrected chi connectivity index (χ0v) is 18.0. The number of benzene rings is 1. The maximum absolute atomic E-state index is 11.6. The van der Waals surface area contributed by atoms with Crippen LogP contribution in [-0.4, -0.2) is 82.0 Å². The molecule has 6 nitrogen and oxygen atoms in total. The fourth-order valence-electron chi connectivity index (χ4n) is 4.41. The third-order valence-corrected chi connectivity index (χ3v) is 7.75. The van der Waals surface area contributed by atoms with Crippen molar-refractivity contribution in [1.82, 2.24) is 15.1 Å². The van der Waals surface area contributed by atoms with Crippen molar-refractivity contribution in [3.63, 3.8) is 0 Å². The molecule has 2 atom stereocenters. The Labute approximate surface area is 169 Å². The van der Waals surface area contributed by atoms with Crippen LogP contribution < -0.4 is 5.32 Å². The number of hydrogen-bond donors (Lipinski definition) is 1. The minimum atomic E-state index is -2.81. The van der Waals surface area contributed by atoms with Gasteiger partial charge in [0.1, 0.15) is 0 Å². The van der Waals surface area contributed by atoms with Crippen molar-refractivity contribution in [2.75, 3.05) is 57.8 Å². The topological polar surface area (TPSA) is 65.0 Å². The van der Waals surface area contributed by atoms with Crippen molar-refractivity contribution >= 4 is 15.8 Å². The summed E-state index contributed by atoms with van der Waals surface area (Å²) in [5.41, 5.74) is 1.46. The molecule has 0 aliphatic carbocycles. The molecule has 2 unspecified atom stereocenters. The number of hydrogen-bond acceptors (Lipinski definition) is 4. The molecule has 1 N–H and O–H groups in total. The van der Waals surface area contributed by atoms with Crippen LogP contribution in [0.2, 0.25) is 0 Å². The first-order valence-corrected chi connectivity index (χ1v) is 12.3. The fourth-order valence-corrected chi connectivity index (χ4v) is 5.69. The second kappa shape index (κ2) is 9.74. The molecule has 156 valence electrons. The highest BCUT2D eigenvalue weighted by Gasteiger charge is 2.30. The maximum Gasteiger partial charge on any atom is 0.193 e. The molecule has 3 rings (SSSR count). The van der Waals surface area contributed by atoms with Crippen LogP contribution >= 0.6 is 0 Å². The number of rotatable bonds is 5. The molecule has 1 aromatic carbocycles. The van der Waals surface area contributed by atoms with E-state index >= 15 is 0 Å². The summed E-state index contributed by atoms with van der Waals surface area (Å²) in [5.74, 6) is 2.78. The van der Waals surface area contributed by atoms with Crippen LogP contribution in [0.15, 0.2) is 35.3 Å². The Bertz CT molecular complexity index is 737. The summed E-state index contributed by atoms with van der Waals surface area (Å²) in [4.78, 5) is 9.10. The van der Waals surface area contributed by atoms with Crippen LogP contribution in [0, 0.1) is 5.92 Å². The van der Waals surface area contributed by atoms with E-state index in [-0.39, 0.29) is 11.5 Å². The highest BCUT2D eigenvalue weighted by molar-refractivity contribution is 7.91. The fraction of sp³-hybridized carbons (Fsp3) is 0.667. The van der Waals surface area contributed by atoms with Gasteiger partial charge in [-0.3, -0.25) is 9.89 Å². The lowest BCUT2D eigenvalue weighted by Gasteiger charge is -2.40. The molecule has 0 aromatic heterocycles. The number of aliphatic imine (C=N–C) groups is 1. The van der Waals surface area contributed by atoms with E-state index in [1.807, 2.05) is 7.05 Å². The minimum Gasteiger partial charge on any atom is -0.355 e. The molecule has 1 aromatic rings. The lowest BCUT2D eigenvalue weighted by molar-refractivity contribution is 0.214. The molecular weight excluding hydrogens is 372 g/mol. The van der Waals surface area contributed by atoms with Gasteiger partial charge in [-0.25, -0.2) is 8.42 Å². The Hall–Kier alpha value is -1.60. The van der Waals surface area contributed by atoms with E-state index in [1.165, 1.54) is 5.56 Å². The highest BCUT2D eigenvalue weighted by atomic mass is 32.2. The van der Waals surface area contributed by atoms with Gasteiger partial charge in [-0.1, -0.05) is 43.7 Å². The molecule has 2 aliphatic rings. The van der Waals surface area contributed by atoms with E-state index in [0.29, 0.717) is 24.9 Å². The summed E-state index contributed by atoms with van der Waals surface area (Å²) >= 11 is 0. The van der Waals surface area contributed by atoms with Gasteiger partial charge < -0.3 is 10.2 Å². The summed E-state index contributed by atoms with van der Waals surface area (Å²) in [6.07, 6.45) is 2.31. The van der Waals surface area contributed by atoms with Gasteiger partial charge in [-0.05, 0) is 23.8 Å². The SMILES string of the molecule is CCC1CN(C(=NC)NCCN2CCS(=O)(=O)CC2)CCC1c1ccccc1. The summed E-state index contributed by atoms with van der Waals surface area (Å²) in [7, 11) is -0.963. The summed E-state index contributed by atoms with van der Waals surface area (Å²) < 4.78 is 23.1. The van der Waals surface area contributed by atoms with Crippen LogP contribution in [0.25, 0.3) is 0 Å². The van der Waals surface area contributed by atoms with Crippen molar-refractivity contribution in [2.24, 2.45) is 10.9 Å². The number of piperidine rings is 1. The summed E-state index contributed by atoms with van der Waals surface area (Å²) in [6, 6.07) is 10.9. The van der Waals surface area contributed by atoms with E-state index < -0.39 is 9.84 Å². The number of nitrogens with zero attached hydrogens (tertiary/aromatic N) is 3. The predicted molar refractivity (Wildman–Crippen MR) is 116 cm³/mol. The molecular formula is C21H34N4O2S. The van der Waals surface area contributed by atoms with Gasteiger partial charge in [-0.15, -0.1) is 0 Å². The predicted octanol–water partition coefficient (Wildman–Crippen LogP) is 1.81. The van der Waals surface area contributed by atoms with E-state index in [0.717, 1.165) is 45.0 Å². The van der Waals surface area contributed by atoms with Crippen LogP contribution in [0.1, 0.15) is 31.2 Å². The average molecular weight is 407 g/mol. The Kier molecular flexibility index (Phi) is 7.35. The lowest BCUT2D eigenvalue weighted by atomic mass is 9.79. The van der Waals surface area contributed by atoms with Gasteiger partial charge in [0.2, 0.25) is 0 Å². The third-order valence-electron chi connectivity index (χ3n) is 6.15. The van der Waals surface area contributed by atoms with E-state index in [4.69, 9.17) is 0 Å². The Balaban J connectivity index is 1.50. The lowest BCUT2D eigenvalue weighted by Crippen LogP contribution is -2.50. The average Bonchev–Trinajstić information content (AvgIpc) is 2.72. The summed E-state index contributed by atoms with van der Waals surface area (Å²) in [6.45, 7) is 7.25. The maximum atomic E-state index is 11.6. The molecule has 2 saturated heterocycles. The van der Waals surface area contributed by atoms with E-state index in [9.17, 15) is 8.42 Å². The largest absolute Gasteiger partial charge is 0.355 e. The van der Waals surface area contributed by atoms with Crippen LogP contribution in [-0.2, 0) is 9.84 Å². The van der Waals surface area contributed by atoms with Crippen molar-refractivity contribution in [1.29, 1.82) is 0 Å². The third kappa shape index (κ3) is 5.47. The smallest absolute Gasteiger partial charge is 0.193 e. The Morgan fingerprint density at radius 3 is 2.54 bits per heavy atom. The second-order valence-corrected chi connectivity index (χ2v) is 10.2. The molecule has 0 amide bonds. The number of likely N-dealkylation sites (tertiary alicyclic amines) is 1. The van der Waals surface area contributed by atoms with Crippen molar-refractivity contribution in [3.05, 3.63) is 35.9 Å². The molecule has 2 aliphatic heterocycles. The van der Waals surface area contributed by atoms with Crippen LogP contribution in [0.4, 0.5) is 0 Å². The molecule has 0 bridgehead atoms. The van der Waals surface area contributed by atoms with Crippen molar-refractivity contribution in [2.45, 2.75) is 25.7 Å². The Morgan fingerprint density at radius 1 is 1.18 bits per heavy atom. The second-order valence-electron chi connectivity index (χ2n) is 7.89. The van der Waals surface area contributed by atoms with Gasteiger partial charge in [0.25, 0.3) is 0 Å². The molecule has 7 heteroatoms. The molecule has 2 fully saturated rings. The monoisotopic (exact) mass is 406 g/mol. The number of nitrogens with one attached hydrogen (secondary N) is 1. The normalized spacial score (nSPS) is 26.2. The molecule has 0 radical (unpaired) electrons. The zero-order valence-electron chi connectivity index (χ0n) is 17.2. The molecule has 0 spiro atoms. The first kappa shape index (κ1) is 21.1. The van der Waals surface area contributed by atoms with Crippen LogP contribution in [0.3, 0.4) is 0 Å². The van der Waals surface area contributed by atoms with E-state index in [2.05, 4.69) is 57.4 Å². The number of guanidine groups is 1. The first-order chi connectivity index (χ1) is 13.5. The van der Waals surface area contributed by atoms with Gasteiger partial charge >= 0.3 is 0 Å². The highest BCUT2D eigenvalue weighted by Crippen LogP contribution is 2.34. The first-order valence-electron chi connectivity index (χ1n) is 10.5. The standard InChI is InChI=1S/C21H34N4O2S/c1-3-18-17-25(11-9-20(18)19-7-5-4-6-8-19)21(22-2)23-10-12-24-13-15-28(26,27)16-14-24/h4-8,18,20H,3,9-17H2,1-2H3,(H,22,23). The minimum absolute atomic E-state index is 0.285. The van der Waals surface area contributed by atoms with Crippen molar-refractivity contribution in [3.8, 4) is 0 Å². The summed E-state index contributed by atoms with van der Waals surface area (Å²) in [5, 5.41) is 3.49. The van der Waals surface area contributed by atoms with Crippen LogP contribution in [0.5, 0.6) is 0 Å². The van der Waals surface area contributed by atoms with Gasteiger partial charge in [0.15, 0.2) is 15.8 Å². The quantitative estimate of drug-likeness (QED) is 0.597. The Morgan fingerprint density at radius 2 is 1.89 bits per heavy atom. The van der Waals surface area contributed by atoms with E-state index in [1.54, 1.807) is 0 Å².